The van der Waals surface area contributed by atoms with E-state index in [1.165, 1.54) is 0 Å². The number of likely N-dealkylation sites (tertiary alicyclic amines) is 1. The van der Waals surface area contributed by atoms with E-state index in [0.29, 0.717) is 24.9 Å². The van der Waals surface area contributed by atoms with E-state index in [1.807, 2.05) is 31.2 Å². The largest absolute Gasteiger partial charge is 0.497 e. The highest BCUT2D eigenvalue weighted by atomic mass is 16.5. The Morgan fingerprint density at radius 1 is 1.32 bits per heavy atom. The van der Waals surface area contributed by atoms with E-state index in [-0.39, 0.29) is 12.5 Å². The van der Waals surface area contributed by atoms with Gasteiger partial charge < -0.3 is 14.7 Å². The SMILES string of the molecule is CCc1c(C(=O)N2CCC(C(=O)O)C2)cnn1-c1ccc(OC)cc1. The second-order valence-electron chi connectivity index (χ2n) is 6.04. The van der Waals surface area contributed by atoms with Crippen LogP contribution >= 0.6 is 0 Å². The van der Waals surface area contributed by atoms with E-state index in [4.69, 9.17) is 9.84 Å². The molecule has 0 saturated carbocycles. The average Bonchev–Trinajstić information content (AvgIpc) is 3.28. The van der Waals surface area contributed by atoms with Gasteiger partial charge in [-0.3, -0.25) is 9.59 Å². The highest BCUT2D eigenvalue weighted by molar-refractivity contribution is 5.95. The van der Waals surface area contributed by atoms with Crippen LogP contribution in [0.2, 0.25) is 0 Å². The van der Waals surface area contributed by atoms with Gasteiger partial charge in [-0.2, -0.15) is 5.10 Å². The maximum atomic E-state index is 12.8. The molecule has 2 heterocycles. The lowest BCUT2D eigenvalue weighted by atomic mass is 10.1. The summed E-state index contributed by atoms with van der Waals surface area (Å²) in [5.41, 5.74) is 2.19. The molecule has 2 aromatic rings. The van der Waals surface area contributed by atoms with Gasteiger partial charge in [0.05, 0.1) is 36.2 Å². The average molecular weight is 343 g/mol. The summed E-state index contributed by atoms with van der Waals surface area (Å²) in [7, 11) is 1.61. The minimum Gasteiger partial charge on any atom is -0.497 e. The number of carbonyl (C=O) groups excluding carboxylic acids is 1. The van der Waals surface area contributed by atoms with Gasteiger partial charge >= 0.3 is 5.97 Å². The zero-order valence-electron chi connectivity index (χ0n) is 14.3. The van der Waals surface area contributed by atoms with Crippen molar-refractivity contribution in [3.63, 3.8) is 0 Å². The summed E-state index contributed by atoms with van der Waals surface area (Å²) >= 11 is 0. The van der Waals surface area contributed by atoms with Crippen molar-refractivity contribution in [2.45, 2.75) is 19.8 Å². The summed E-state index contributed by atoms with van der Waals surface area (Å²) in [5.74, 6) is -0.729. The minimum absolute atomic E-state index is 0.152. The number of nitrogens with zero attached hydrogens (tertiary/aromatic N) is 3. The maximum Gasteiger partial charge on any atom is 0.308 e. The zero-order valence-corrected chi connectivity index (χ0v) is 14.3. The van der Waals surface area contributed by atoms with Crippen molar-refractivity contribution in [1.29, 1.82) is 0 Å². The Balaban J connectivity index is 1.86. The Labute approximate surface area is 145 Å². The summed E-state index contributed by atoms with van der Waals surface area (Å²) in [6, 6.07) is 7.46. The molecule has 3 rings (SSSR count). The monoisotopic (exact) mass is 343 g/mol. The number of aliphatic carboxylic acids is 1. The van der Waals surface area contributed by atoms with Crippen LogP contribution in [0.5, 0.6) is 5.75 Å². The molecule has 1 unspecified atom stereocenters. The number of methoxy groups -OCH3 is 1. The maximum absolute atomic E-state index is 12.8. The van der Waals surface area contributed by atoms with E-state index in [2.05, 4.69) is 5.10 Å². The van der Waals surface area contributed by atoms with Crippen LogP contribution in [0, 0.1) is 5.92 Å². The van der Waals surface area contributed by atoms with Gasteiger partial charge in [-0.05, 0) is 37.1 Å². The molecule has 7 nitrogen and oxygen atoms in total. The van der Waals surface area contributed by atoms with Crippen molar-refractivity contribution in [3.05, 3.63) is 41.7 Å². The molecular formula is C18H21N3O4. The van der Waals surface area contributed by atoms with Crippen LogP contribution in [-0.4, -0.2) is 51.9 Å². The fourth-order valence-corrected chi connectivity index (χ4v) is 3.16. The molecule has 1 fully saturated rings. The first-order valence-corrected chi connectivity index (χ1v) is 8.28. The van der Waals surface area contributed by atoms with Crippen molar-refractivity contribution in [2.75, 3.05) is 20.2 Å². The molecule has 1 atom stereocenters. The predicted molar refractivity (Wildman–Crippen MR) is 91.1 cm³/mol. The summed E-state index contributed by atoms with van der Waals surface area (Å²) < 4.78 is 6.91. The van der Waals surface area contributed by atoms with Gasteiger partial charge in [0.25, 0.3) is 5.91 Å². The van der Waals surface area contributed by atoms with Gasteiger partial charge in [0.15, 0.2) is 0 Å². The number of benzene rings is 1. The first-order chi connectivity index (χ1) is 12.0. The van der Waals surface area contributed by atoms with Gasteiger partial charge in [0, 0.05) is 13.1 Å². The second kappa shape index (κ2) is 6.96. The highest BCUT2D eigenvalue weighted by Gasteiger charge is 2.32. The lowest BCUT2D eigenvalue weighted by Crippen LogP contribution is -2.30. The van der Waals surface area contributed by atoms with E-state index in [9.17, 15) is 9.59 Å². The number of rotatable bonds is 5. The Hall–Kier alpha value is -2.83. The summed E-state index contributed by atoms with van der Waals surface area (Å²) in [6.07, 6.45) is 2.71. The quantitative estimate of drug-likeness (QED) is 0.897. The van der Waals surface area contributed by atoms with Gasteiger partial charge in [0.2, 0.25) is 0 Å². The van der Waals surface area contributed by atoms with Crippen LogP contribution in [0.25, 0.3) is 5.69 Å². The summed E-state index contributed by atoms with van der Waals surface area (Å²) in [5, 5.41) is 13.5. The van der Waals surface area contributed by atoms with Gasteiger partial charge in [-0.25, -0.2) is 4.68 Å². The van der Waals surface area contributed by atoms with Crippen LogP contribution in [0.15, 0.2) is 30.5 Å². The normalized spacial score (nSPS) is 16.9. The fraction of sp³-hybridized carbons (Fsp3) is 0.389. The number of carboxylic acid groups (broad SMARTS) is 1. The molecule has 1 amide bonds. The molecule has 1 aliphatic rings. The third-order valence-electron chi connectivity index (χ3n) is 4.58. The summed E-state index contributed by atoms with van der Waals surface area (Å²) in [6.45, 7) is 2.69. The van der Waals surface area contributed by atoms with E-state index >= 15 is 0 Å². The van der Waals surface area contributed by atoms with Crippen LogP contribution < -0.4 is 4.74 Å². The van der Waals surface area contributed by atoms with Crippen LogP contribution in [0.3, 0.4) is 0 Å². The first kappa shape index (κ1) is 17.0. The van der Waals surface area contributed by atoms with Crippen LogP contribution in [-0.2, 0) is 11.2 Å². The van der Waals surface area contributed by atoms with Crippen molar-refractivity contribution in [1.82, 2.24) is 14.7 Å². The third-order valence-corrected chi connectivity index (χ3v) is 4.58. The van der Waals surface area contributed by atoms with Crippen LogP contribution in [0.4, 0.5) is 0 Å². The Kier molecular flexibility index (Phi) is 4.74. The molecule has 0 radical (unpaired) electrons. The molecule has 1 N–H and O–H groups in total. The number of aromatic nitrogens is 2. The molecule has 0 spiro atoms. The van der Waals surface area contributed by atoms with Crippen molar-refractivity contribution < 1.29 is 19.4 Å². The zero-order chi connectivity index (χ0) is 18.0. The van der Waals surface area contributed by atoms with Crippen molar-refractivity contribution in [3.8, 4) is 11.4 Å². The van der Waals surface area contributed by atoms with Gasteiger partial charge in [-0.15, -0.1) is 0 Å². The molecule has 25 heavy (non-hydrogen) atoms. The lowest BCUT2D eigenvalue weighted by Gasteiger charge is -2.16. The number of amides is 1. The molecule has 1 saturated heterocycles. The third kappa shape index (κ3) is 3.22. The van der Waals surface area contributed by atoms with E-state index < -0.39 is 11.9 Å². The molecule has 1 aromatic carbocycles. The molecule has 1 aliphatic heterocycles. The Morgan fingerprint density at radius 3 is 2.60 bits per heavy atom. The molecule has 0 bridgehead atoms. The van der Waals surface area contributed by atoms with Crippen molar-refractivity contribution >= 4 is 11.9 Å². The first-order valence-electron chi connectivity index (χ1n) is 8.28. The topological polar surface area (TPSA) is 84.7 Å². The number of hydrogen-bond acceptors (Lipinski definition) is 4. The van der Waals surface area contributed by atoms with E-state index in [1.54, 1.807) is 22.9 Å². The molecule has 132 valence electrons. The summed E-state index contributed by atoms with van der Waals surface area (Å²) in [4.78, 5) is 25.5. The fourth-order valence-electron chi connectivity index (χ4n) is 3.16. The number of ether oxygens (including phenoxy) is 1. The second-order valence-corrected chi connectivity index (χ2v) is 6.04. The number of carbonyl (C=O) groups is 2. The minimum atomic E-state index is -0.847. The highest BCUT2D eigenvalue weighted by Crippen LogP contribution is 2.23. The van der Waals surface area contributed by atoms with Crippen LogP contribution in [0.1, 0.15) is 29.4 Å². The molecule has 7 heteroatoms. The van der Waals surface area contributed by atoms with Gasteiger partial charge in [-0.1, -0.05) is 6.92 Å². The molecule has 1 aromatic heterocycles. The van der Waals surface area contributed by atoms with Crippen molar-refractivity contribution in [2.24, 2.45) is 5.92 Å². The molecular weight excluding hydrogens is 322 g/mol. The van der Waals surface area contributed by atoms with Gasteiger partial charge in [0.1, 0.15) is 5.75 Å². The predicted octanol–water partition coefficient (Wildman–Crippen LogP) is 1.99. The Morgan fingerprint density at radius 2 is 2.04 bits per heavy atom. The lowest BCUT2D eigenvalue weighted by molar-refractivity contribution is -0.141. The number of carboxylic acids is 1. The standard InChI is InChI=1S/C18H21N3O4/c1-3-16-15(17(22)20-9-8-12(11-20)18(23)24)10-19-21(16)13-4-6-14(25-2)7-5-13/h4-7,10,12H,3,8-9,11H2,1-2H3,(H,23,24). The molecule has 0 aliphatic carbocycles. The Bertz CT molecular complexity index is 782. The van der Waals surface area contributed by atoms with E-state index in [0.717, 1.165) is 17.1 Å². The smallest absolute Gasteiger partial charge is 0.308 e. The number of hydrogen-bond donors (Lipinski definition) is 1.